The maximum atomic E-state index is 12.7. The van der Waals surface area contributed by atoms with Gasteiger partial charge in [-0.2, -0.15) is 5.10 Å². The molecule has 2 aliphatic heterocycles. The lowest BCUT2D eigenvalue weighted by Gasteiger charge is -2.41. The molecule has 3 heterocycles. The molecular weight excluding hydrogens is 358 g/mol. The molecule has 2 aliphatic rings. The molecule has 1 N–H and O–H groups in total. The van der Waals surface area contributed by atoms with Crippen LogP contribution in [0.3, 0.4) is 0 Å². The zero-order valence-corrected chi connectivity index (χ0v) is 17.1. The highest BCUT2D eigenvalue weighted by molar-refractivity contribution is 5.92. The van der Waals surface area contributed by atoms with Gasteiger partial charge in [0.25, 0.3) is 5.91 Å². The Labute approximate surface area is 167 Å². The van der Waals surface area contributed by atoms with Crippen molar-refractivity contribution in [2.75, 3.05) is 46.4 Å². The van der Waals surface area contributed by atoms with Gasteiger partial charge in [0.05, 0.1) is 12.5 Å². The Bertz CT molecular complexity index is 654. The highest BCUT2D eigenvalue weighted by Crippen LogP contribution is 2.24. The van der Waals surface area contributed by atoms with Crippen LogP contribution in [0.5, 0.6) is 0 Å². The third kappa shape index (κ3) is 5.11. The van der Waals surface area contributed by atoms with Crippen LogP contribution in [0.1, 0.15) is 43.1 Å². The molecule has 0 aromatic carbocycles. The molecule has 2 saturated heterocycles. The van der Waals surface area contributed by atoms with Crippen molar-refractivity contribution in [1.29, 1.82) is 0 Å². The van der Waals surface area contributed by atoms with Crippen LogP contribution >= 0.6 is 0 Å². The van der Waals surface area contributed by atoms with Crippen molar-refractivity contribution in [2.45, 2.75) is 45.2 Å². The number of amides is 2. The van der Waals surface area contributed by atoms with Crippen molar-refractivity contribution in [1.82, 2.24) is 24.9 Å². The molecule has 2 amide bonds. The fourth-order valence-corrected chi connectivity index (χ4v) is 4.22. The predicted molar refractivity (Wildman–Crippen MR) is 106 cm³/mol. The number of piperidine rings is 2. The second-order valence-electron chi connectivity index (χ2n) is 7.70. The molecule has 1 aromatic rings. The molecule has 28 heavy (non-hydrogen) atoms. The van der Waals surface area contributed by atoms with Crippen LogP contribution in [0.2, 0.25) is 0 Å². The van der Waals surface area contributed by atoms with Crippen molar-refractivity contribution in [2.24, 2.45) is 5.92 Å². The molecule has 8 heteroatoms. The Morgan fingerprint density at radius 3 is 2.71 bits per heavy atom. The van der Waals surface area contributed by atoms with Crippen LogP contribution in [0.4, 0.5) is 0 Å². The zero-order valence-electron chi connectivity index (χ0n) is 17.1. The average molecular weight is 392 g/mol. The van der Waals surface area contributed by atoms with Gasteiger partial charge in [0.1, 0.15) is 5.69 Å². The number of likely N-dealkylation sites (tertiary alicyclic amines) is 2. The summed E-state index contributed by atoms with van der Waals surface area (Å²) in [6.45, 7) is 7.26. The highest BCUT2D eigenvalue weighted by atomic mass is 16.5. The molecule has 0 spiro atoms. The quantitative estimate of drug-likeness (QED) is 0.701. The summed E-state index contributed by atoms with van der Waals surface area (Å²) in [5, 5.41) is 7.31. The number of aryl methyl sites for hydroxylation is 1. The molecule has 8 nitrogen and oxygen atoms in total. The van der Waals surface area contributed by atoms with Crippen molar-refractivity contribution in [3.05, 3.63) is 18.0 Å². The zero-order chi connectivity index (χ0) is 19.9. The van der Waals surface area contributed by atoms with Crippen LogP contribution in [0, 0.1) is 5.92 Å². The average Bonchev–Trinajstić information content (AvgIpc) is 3.23. The first-order valence-corrected chi connectivity index (χ1v) is 10.5. The van der Waals surface area contributed by atoms with E-state index in [1.807, 2.05) is 18.0 Å². The number of nitrogens with one attached hydrogen (secondary N) is 1. The number of ether oxygens (including phenoxy) is 1. The minimum Gasteiger partial charge on any atom is -0.383 e. The van der Waals surface area contributed by atoms with Crippen molar-refractivity contribution < 1.29 is 14.3 Å². The Kier molecular flexibility index (Phi) is 7.44. The minimum atomic E-state index is 0.0275. The third-order valence-electron chi connectivity index (χ3n) is 5.88. The van der Waals surface area contributed by atoms with Gasteiger partial charge in [0, 0.05) is 52.1 Å². The molecule has 1 aromatic heterocycles. The second kappa shape index (κ2) is 10.0. The normalized spacial score (nSPS) is 21.6. The van der Waals surface area contributed by atoms with E-state index in [2.05, 4.69) is 15.3 Å². The van der Waals surface area contributed by atoms with E-state index in [0.717, 1.165) is 58.4 Å². The Hall–Kier alpha value is -1.93. The summed E-state index contributed by atoms with van der Waals surface area (Å²) in [4.78, 5) is 29.4. The lowest BCUT2D eigenvalue weighted by atomic mass is 9.93. The number of aromatic nitrogens is 2. The van der Waals surface area contributed by atoms with Crippen LogP contribution in [0.15, 0.2) is 12.3 Å². The van der Waals surface area contributed by atoms with Gasteiger partial charge in [-0.05, 0) is 45.2 Å². The highest BCUT2D eigenvalue weighted by Gasteiger charge is 2.32. The number of hydrogen-bond acceptors (Lipinski definition) is 5. The van der Waals surface area contributed by atoms with E-state index in [-0.39, 0.29) is 17.7 Å². The van der Waals surface area contributed by atoms with Gasteiger partial charge in [-0.15, -0.1) is 0 Å². The Morgan fingerprint density at radius 1 is 1.25 bits per heavy atom. The van der Waals surface area contributed by atoms with E-state index in [9.17, 15) is 9.59 Å². The maximum absolute atomic E-state index is 12.7. The summed E-state index contributed by atoms with van der Waals surface area (Å²) in [6, 6.07) is 2.25. The molecular formula is C20H33N5O3. The van der Waals surface area contributed by atoms with Crippen molar-refractivity contribution in [3.8, 4) is 0 Å². The van der Waals surface area contributed by atoms with Crippen LogP contribution in [0.25, 0.3) is 0 Å². The molecule has 0 aliphatic carbocycles. The van der Waals surface area contributed by atoms with Crippen LogP contribution in [-0.4, -0.2) is 83.9 Å². The molecule has 3 rings (SSSR count). The number of nitrogens with zero attached hydrogens (tertiary/aromatic N) is 4. The standard InChI is InChI=1S/C20H33N5O3/c1-3-25-13-8-18(22-25)20(27)23-11-6-17(7-12-23)24-10-4-5-16(15-24)19(26)21-9-14-28-2/h8,13,16-17H,3-7,9-12,14-15H2,1-2H3,(H,21,26)/t16-/m0/s1. The van der Waals surface area contributed by atoms with E-state index in [1.54, 1.807) is 17.9 Å². The van der Waals surface area contributed by atoms with Gasteiger partial charge in [-0.25, -0.2) is 0 Å². The van der Waals surface area contributed by atoms with Crippen molar-refractivity contribution in [3.63, 3.8) is 0 Å². The molecule has 1 atom stereocenters. The first-order valence-electron chi connectivity index (χ1n) is 10.5. The van der Waals surface area contributed by atoms with Crippen LogP contribution in [-0.2, 0) is 16.1 Å². The molecule has 0 saturated carbocycles. The lowest BCUT2D eigenvalue weighted by Crippen LogP contribution is -2.51. The SMILES string of the molecule is CCn1ccc(C(=O)N2CCC(N3CCC[C@H](C(=O)NCCOC)C3)CC2)n1. The fourth-order valence-electron chi connectivity index (χ4n) is 4.22. The summed E-state index contributed by atoms with van der Waals surface area (Å²) < 4.78 is 6.79. The number of rotatable bonds is 7. The van der Waals surface area contributed by atoms with Gasteiger partial charge < -0.3 is 15.0 Å². The molecule has 0 radical (unpaired) electrons. The molecule has 0 unspecified atom stereocenters. The lowest BCUT2D eigenvalue weighted by molar-refractivity contribution is -0.127. The molecule has 2 fully saturated rings. The second-order valence-corrected chi connectivity index (χ2v) is 7.70. The summed E-state index contributed by atoms with van der Waals surface area (Å²) in [5.74, 6) is 0.226. The van der Waals surface area contributed by atoms with Gasteiger partial charge in [0.2, 0.25) is 5.91 Å². The maximum Gasteiger partial charge on any atom is 0.274 e. The number of methoxy groups -OCH3 is 1. The number of hydrogen-bond donors (Lipinski definition) is 1. The smallest absolute Gasteiger partial charge is 0.274 e. The van der Waals surface area contributed by atoms with E-state index in [4.69, 9.17) is 4.74 Å². The van der Waals surface area contributed by atoms with Gasteiger partial charge in [-0.1, -0.05) is 0 Å². The third-order valence-corrected chi connectivity index (χ3v) is 5.88. The minimum absolute atomic E-state index is 0.0275. The summed E-state index contributed by atoms with van der Waals surface area (Å²) in [6.07, 6.45) is 5.77. The number of carbonyl (C=O) groups excluding carboxylic acids is 2. The van der Waals surface area contributed by atoms with Gasteiger partial charge in [0.15, 0.2) is 0 Å². The van der Waals surface area contributed by atoms with Crippen molar-refractivity contribution >= 4 is 11.8 Å². The summed E-state index contributed by atoms with van der Waals surface area (Å²) in [5.41, 5.74) is 0.533. The molecule has 156 valence electrons. The summed E-state index contributed by atoms with van der Waals surface area (Å²) >= 11 is 0. The predicted octanol–water partition coefficient (Wildman–Crippen LogP) is 0.982. The van der Waals surface area contributed by atoms with Crippen LogP contribution < -0.4 is 5.32 Å². The molecule has 0 bridgehead atoms. The van der Waals surface area contributed by atoms with E-state index < -0.39 is 0 Å². The monoisotopic (exact) mass is 391 g/mol. The van der Waals surface area contributed by atoms with E-state index >= 15 is 0 Å². The fraction of sp³-hybridized carbons (Fsp3) is 0.750. The summed E-state index contributed by atoms with van der Waals surface area (Å²) in [7, 11) is 1.64. The largest absolute Gasteiger partial charge is 0.383 e. The Morgan fingerprint density at radius 2 is 2.04 bits per heavy atom. The van der Waals surface area contributed by atoms with E-state index in [1.165, 1.54) is 0 Å². The Balaban J connectivity index is 1.47. The van der Waals surface area contributed by atoms with Gasteiger partial charge >= 0.3 is 0 Å². The first kappa shape index (κ1) is 20.8. The van der Waals surface area contributed by atoms with E-state index in [0.29, 0.717) is 24.9 Å². The number of carbonyl (C=O) groups is 2. The van der Waals surface area contributed by atoms with Gasteiger partial charge in [-0.3, -0.25) is 19.2 Å². The first-order chi connectivity index (χ1) is 13.6. The topological polar surface area (TPSA) is 79.7 Å².